The van der Waals surface area contributed by atoms with Crippen LogP contribution < -0.4 is 5.32 Å². The molecule has 0 radical (unpaired) electrons. The van der Waals surface area contributed by atoms with Gasteiger partial charge in [-0.2, -0.15) is 0 Å². The van der Waals surface area contributed by atoms with Crippen molar-refractivity contribution in [1.29, 1.82) is 0 Å². The van der Waals surface area contributed by atoms with Crippen molar-refractivity contribution in [3.63, 3.8) is 0 Å². The SMILES string of the molecule is C=CC(=C\C=C\C1CC1)/C1=C/CN=C(O/C=C/C(C(=O)O)=C(/C)C=C)NC/C=C\1Cl.CC. The quantitative estimate of drug-likeness (QED) is 0.258. The number of carboxylic acids is 1. The van der Waals surface area contributed by atoms with Gasteiger partial charge in [0.1, 0.15) is 0 Å². The van der Waals surface area contributed by atoms with Crippen LogP contribution in [0.25, 0.3) is 0 Å². The van der Waals surface area contributed by atoms with Gasteiger partial charge in [0.15, 0.2) is 0 Å². The zero-order chi connectivity index (χ0) is 23.9. The second-order valence-corrected chi connectivity index (χ2v) is 7.18. The molecule has 0 bridgehead atoms. The van der Waals surface area contributed by atoms with Gasteiger partial charge in [0.2, 0.25) is 0 Å². The van der Waals surface area contributed by atoms with Crippen molar-refractivity contribution in [2.75, 3.05) is 13.1 Å². The molecule has 0 aromatic carbocycles. The maximum absolute atomic E-state index is 11.3. The van der Waals surface area contributed by atoms with Crippen molar-refractivity contribution in [1.82, 2.24) is 5.32 Å². The molecule has 172 valence electrons. The molecule has 2 aliphatic rings. The number of amidine groups is 1. The lowest BCUT2D eigenvalue weighted by atomic mass is 10.0. The van der Waals surface area contributed by atoms with E-state index in [1.54, 1.807) is 13.0 Å². The van der Waals surface area contributed by atoms with Gasteiger partial charge in [-0.1, -0.05) is 75.1 Å². The van der Waals surface area contributed by atoms with Crippen LogP contribution in [-0.2, 0) is 9.53 Å². The Labute approximate surface area is 196 Å². The summed E-state index contributed by atoms with van der Waals surface area (Å²) in [4.78, 5) is 15.7. The van der Waals surface area contributed by atoms with Gasteiger partial charge >= 0.3 is 5.97 Å². The minimum absolute atomic E-state index is 0.0961. The Morgan fingerprint density at radius 2 is 2.00 bits per heavy atom. The average molecular weight is 457 g/mol. The Morgan fingerprint density at radius 3 is 2.59 bits per heavy atom. The number of carbonyl (C=O) groups is 1. The van der Waals surface area contributed by atoms with E-state index >= 15 is 0 Å². The van der Waals surface area contributed by atoms with Crippen LogP contribution >= 0.6 is 11.6 Å². The summed E-state index contributed by atoms with van der Waals surface area (Å²) in [7, 11) is 0. The monoisotopic (exact) mass is 456 g/mol. The number of allylic oxidation sites excluding steroid dienone is 9. The second-order valence-electron chi connectivity index (χ2n) is 6.77. The van der Waals surface area contributed by atoms with E-state index in [9.17, 15) is 9.90 Å². The molecular weight excluding hydrogens is 424 g/mol. The molecule has 0 atom stereocenters. The normalized spacial score (nSPS) is 21.1. The number of aliphatic carboxylic acids is 1. The van der Waals surface area contributed by atoms with Crippen LogP contribution in [0.3, 0.4) is 0 Å². The number of aliphatic imine (C=N–C) groups is 1. The second kappa shape index (κ2) is 14.9. The number of rotatable bonds is 8. The molecule has 0 spiro atoms. The van der Waals surface area contributed by atoms with Crippen LogP contribution in [0.5, 0.6) is 0 Å². The molecule has 1 fully saturated rings. The summed E-state index contributed by atoms with van der Waals surface area (Å²) in [6.45, 7) is 13.9. The van der Waals surface area contributed by atoms with Gasteiger partial charge in [0.25, 0.3) is 6.02 Å². The summed E-state index contributed by atoms with van der Waals surface area (Å²) in [5.74, 6) is -0.362. The Morgan fingerprint density at radius 1 is 1.28 bits per heavy atom. The third-order valence-corrected chi connectivity index (χ3v) is 4.87. The zero-order valence-electron chi connectivity index (χ0n) is 19.1. The summed E-state index contributed by atoms with van der Waals surface area (Å²) in [6.07, 6.45) is 18.4. The van der Waals surface area contributed by atoms with Gasteiger partial charge in [-0.05, 0) is 54.6 Å². The van der Waals surface area contributed by atoms with Crippen molar-refractivity contribution in [2.24, 2.45) is 10.9 Å². The number of carboxylic acid groups (broad SMARTS) is 1. The predicted octanol–water partition coefficient (Wildman–Crippen LogP) is 6.22. The number of halogens is 1. The Hall–Kier alpha value is -3.05. The first-order valence-corrected chi connectivity index (χ1v) is 11.1. The van der Waals surface area contributed by atoms with Crippen molar-refractivity contribution >= 4 is 23.6 Å². The van der Waals surface area contributed by atoms with Crippen LogP contribution in [-0.4, -0.2) is 30.2 Å². The lowest BCUT2D eigenvalue weighted by Gasteiger charge is -2.07. The number of hydrogen-bond donors (Lipinski definition) is 2. The van der Waals surface area contributed by atoms with E-state index in [4.69, 9.17) is 16.3 Å². The molecule has 5 nitrogen and oxygen atoms in total. The van der Waals surface area contributed by atoms with Gasteiger partial charge < -0.3 is 15.2 Å². The van der Waals surface area contributed by atoms with Gasteiger partial charge in [-0.15, -0.1) is 0 Å². The van der Waals surface area contributed by atoms with E-state index in [0.717, 1.165) is 11.1 Å². The van der Waals surface area contributed by atoms with Crippen LogP contribution in [0.2, 0.25) is 0 Å². The smallest absolute Gasteiger partial charge is 0.336 e. The molecule has 6 heteroatoms. The molecule has 1 saturated carbocycles. The van der Waals surface area contributed by atoms with E-state index in [0.29, 0.717) is 29.6 Å². The first-order valence-electron chi connectivity index (χ1n) is 10.7. The van der Waals surface area contributed by atoms with Crippen LogP contribution in [0.15, 0.2) is 100 Å². The lowest BCUT2D eigenvalue weighted by molar-refractivity contribution is -0.132. The van der Waals surface area contributed by atoms with E-state index in [1.165, 1.54) is 31.3 Å². The molecule has 32 heavy (non-hydrogen) atoms. The van der Waals surface area contributed by atoms with Crippen LogP contribution in [0, 0.1) is 5.92 Å². The molecule has 1 aliphatic carbocycles. The fourth-order valence-corrected chi connectivity index (χ4v) is 2.83. The molecule has 0 unspecified atom stereocenters. The zero-order valence-corrected chi connectivity index (χ0v) is 19.9. The van der Waals surface area contributed by atoms with Crippen LogP contribution in [0.4, 0.5) is 0 Å². The topological polar surface area (TPSA) is 70.9 Å². The fourth-order valence-electron chi connectivity index (χ4n) is 2.57. The summed E-state index contributed by atoms with van der Waals surface area (Å²) in [6, 6.07) is 0.267. The maximum atomic E-state index is 11.3. The maximum Gasteiger partial charge on any atom is 0.336 e. The van der Waals surface area contributed by atoms with Crippen LogP contribution in [0.1, 0.15) is 33.6 Å². The lowest BCUT2D eigenvalue weighted by Crippen LogP contribution is -2.25. The standard InChI is InChI=1S/C24H27ClN2O3.C2H6/c1-4-17(3)20(23(28)29)13-16-30-24-26-14-11-21(22(25)12-15-27-24)19(5-2)8-6-7-18-9-10-18;1-2/h4-8,11-13,16,18H,1-2,9-10,14-15H2,3H3,(H,26,27)(H,28,29);1-2H3/b7-6+,16-13+,19-8+,20-17+,21-11-,22-12+;. The molecule has 1 aliphatic heterocycles. The molecule has 2 rings (SSSR count). The van der Waals surface area contributed by atoms with Crippen molar-refractivity contribution in [3.8, 4) is 0 Å². The number of nitrogens with zero attached hydrogens (tertiary/aromatic N) is 1. The fraction of sp³-hybridized carbons (Fsp3) is 0.308. The molecule has 0 amide bonds. The molecular formula is C26H33ClN2O3. The number of ether oxygens (including phenoxy) is 1. The molecule has 1 heterocycles. The Bertz CT molecular complexity index is 898. The molecule has 2 N–H and O–H groups in total. The summed E-state index contributed by atoms with van der Waals surface area (Å²) >= 11 is 6.49. The molecule has 0 aromatic rings. The largest absolute Gasteiger partial charge is 0.478 e. The van der Waals surface area contributed by atoms with E-state index in [-0.39, 0.29) is 11.6 Å². The number of nitrogens with one attached hydrogen (secondary N) is 1. The average Bonchev–Trinajstić information content (AvgIpc) is 3.61. The molecule has 0 saturated heterocycles. The summed E-state index contributed by atoms with van der Waals surface area (Å²) < 4.78 is 5.48. The first kappa shape index (κ1) is 27.0. The highest BCUT2D eigenvalue weighted by atomic mass is 35.5. The summed E-state index contributed by atoms with van der Waals surface area (Å²) in [5, 5.41) is 12.9. The first-order chi connectivity index (χ1) is 15.5. The minimum atomic E-state index is -1.06. The molecule has 0 aromatic heterocycles. The van der Waals surface area contributed by atoms with E-state index in [2.05, 4.69) is 29.5 Å². The van der Waals surface area contributed by atoms with Gasteiger partial charge in [-0.3, -0.25) is 0 Å². The minimum Gasteiger partial charge on any atom is -0.478 e. The predicted molar refractivity (Wildman–Crippen MR) is 135 cm³/mol. The number of hydrogen-bond acceptors (Lipinski definition) is 4. The third-order valence-electron chi connectivity index (χ3n) is 4.51. The van der Waals surface area contributed by atoms with E-state index < -0.39 is 5.97 Å². The van der Waals surface area contributed by atoms with Gasteiger partial charge in [0, 0.05) is 11.6 Å². The van der Waals surface area contributed by atoms with Crippen molar-refractivity contribution in [2.45, 2.75) is 33.6 Å². The van der Waals surface area contributed by atoms with Gasteiger partial charge in [-0.25, -0.2) is 9.79 Å². The highest BCUT2D eigenvalue weighted by Crippen LogP contribution is 2.30. The summed E-state index contributed by atoms with van der Waals surface area (Å²) in [5.41, 5.74) is 2.41. The highest BCUT2D eigenvalue weighted by molar-refractivity contribution is 6.32. The Kier molecular flexibility index (Phi) is 12.5. The van der Waals surface area contributed by atoms with Crippen molar-refractivity contribution < 1.29 is 14.6 Å². The van der Waals surface area contributed by atoms with Gasteiger partial charge in [0.05, 0.1) is 18.4 Å². The Balaban J connectivity index is 0.00000249. The third kappa shape index (κ3) is 9.40. The van der Waals surface area contributed by atoms with E-state index in [1.807, 2.05) is 38.2 Å². The highest BCUT2D eigenvalue weighted by Gasteiger charge is 2.16. The van der Waals surface area contributed by atoms with Crippen molar-refractivity contribution in [3.05, 3.63) is 95.4 Å².